The summed E-state index contributed by atoms with van der Waals surface area (Å²) in [4.78, 5) is 38.5. The normalized spacial score (nSPS) is 16.0. The van der Waals surface area contributed by atoms with E-state index in [1.807, 2.05) is 45.0 Å². The van der Waals surface area contributed by atoms with Gasteiger partial charge in [-0.3, -0.25) is 14.5 Å². The van der Waals surface area contributed by atoms with Crippen molar-refractivity contribution in [3.05, 3.63) is 29.8 Å². The fraction of sp³-hybridized carbons (Fsp3) is 0.526. The number of benzene rings is 1. The molecule has 6 nitrogen and oxygen atoms in total. The third-order valence-electron chi connectivity index (χ3n) is 4.57. The van der Waals surface area contributed by atoms with Gasteiger partial charge in [0.15, 0.2) is 0 Å². The van der Waals surface area contributed by atoms with Crippen molar-refractivity contribution in [3.63, 3.8) is 0 Å². The SMILES string of the molecule is CCCC1(CCC)NC(=O)N(CC(=O)Nc2ccccc2CC)C1=O. The maximum absolute atomic E-state index is 12.8. The van der Waals surface area contributed by atoms with E-state index in [0.717, 1.165) is 35.4 Å². The summed E-state index contributed by atoms with van der Waals surface area (Å²) < 4.78 is 0. The Morgan fingerprint density at radius 1 is 1.12 bits per heavy atom. The van der Waals surface area contributed by atoms with Crippen molar-refractivity contribution in [3.8, 4) is 0 Å². The Morgan fingerprint density at radius 2 is 1.76 bits per heavy atom. The van der Waals surface area contributed by atoms with Crippen molar-refractivity contribution >= 4 is 23.5 Å². The summed E-state index contributed by atoms with van der Waals surface area (Å²) in [7, 11) is 0. The zero-order valence-electron chi connectivity index (χ0n) is 15.2. The Hall–Kier alpha value is -2.37. The smallest absolute Gasteiger partial charge is 0.324 e. The molecule has 0 radical (unpaired) electrons. The summed E-state index contributed by atoms with van der Waals surface area (Å²) in [5.41, 5.74) is 0.872. The largest absolute Gasteiger partial charge is 0.325 e. The van der Waals surface area contributed by atoms with Crippen LogP contribution in [0.3, 0.4) is 0 Å². The molecule has 1 heterocycles. The number of anilines is 1. The minimum Gasteiger partial charge on any atom is -0.324 e. The maximum atomic E-state index is 12.8. The first-order valence-electron chi connectivity index (χ1n) is 8.99. The van der Waals surface area contributed by atoms with Crippen LogP contribution in [0.1, 0.15) is 52.0 Å². The van der Waals surface area contributed by atoms with Crippen LogP contribution in [0.15, 0.2) is 24.3 Å². The van der Waals surface area contributed by atoms with Crippen molar-refractivity contribution in [2.45, 2.75) is 58.4 Å². The minimum atomic E-state index is -0.859. The lowest BCUT2D eigenvalue weighted by atomic mass is 9.88. The second-order valence-electron chi connectivity index (χ2n) is 6.46. The Balaban J connectivity index is 2.10. The summed E-state index contributed by atoms with van der Waals surface area (Å²) in [6.07, 6.45) is 3.53. The molecule has 25 heavy (non-hydrogen) atoms. The Morgan fingerprint density at radius 3 is 2.36 bits per heavy atom. The number of hydrogen-bond donors (Lipinski definition) is 2. The van der Waals surface area contributed by atoms with Gasteiger partial charge in [0.2, 0.25) is 5.91 Å². The molecule has 0 unspecified atom stereocenters. The number of rotatable bonds is 8. The average molecular weight is 345 g/mol. The van der Waals surface area contributed by atoms with Gasteiger partial charge in [-0.1, -0.05) is 51.8 Å². The Kier molecular flexibility index (Phi) is 6.17. The molecule has 0 saturated carbocycles. The van der Waals surface area contributed by atoms with Gasteiger partial charge < -0.3 is 10.6 Å². The van der Waals surface area contributed by atoms with Crippen LogP contribution >= 0.6 is 0 Å². The summed E-state index contributed by atoms with van der Waals surface area (Å²) in [5, 5.41) is 5.63. The van der Waals surface area contributed by atoms with E-state index < -0.39 is 11.6 Å². The second kappa shape index (κ2) is 8.14. The van der Waals surface area contributed by atoms with Crippen molar-refractivity contribution in [2.24, 2.45) is 0 Å². The van der Waals surface area contributed by atoms with Crippen LogP contribution in [0.5, 0.6) is 0 Å². The molecule has 1 aromatic rings. The van der Waals surface area contributed by atoms with E-state index in [9.17, 15) is 14.4 Å². The second-order valence-corrected chi connectivity index (χ2v) is 6.46. The summed E-state index contributed by atoms with van der Waals surface area (Å²) >= 11 is 0. The zero-order valence-corrected chi connectivity index (χ0v) is 15.2. The van der Waals surface area contributed by atoms with Crippen LogP contribution in [-0.4, -0.2) is 34.8 Å². The fourth-order valence-corrected chi connectivity index (χ4v) is 3.42. The first-order chi connectivity index (χ1) is 12.0. The molecule has 136 valence electrons. The lowest BCUT2D eigenvalue weighted by Gasteiger charge is -2.25. The van der Waals surface area contributed by atoms with E-state index in [0.29, 0.717) is 12.8 Å². The van der Waals surface area contributed by atoms with Gasteiger partial charge >= 0.3 is 6.03 Å². The number of nitrogens with one attached hydrogen (secondary N) is 2. The fourth-order valence-electron chi connectivity index (χ4n) is 3.42. The van der Waals surface area contributed by atoms with Crippen molar-refractivity contribution in [1.82, 2.24) is 10.2 Å². The highest BCUT2D eigenvalue weighted by atomic mass is 16.2. The summed E-state index contributed by atoms with van der Waals surface area (Å²) in [6, 6.07) is 7.04. The Bertz CT molecular complexity index is 651. The molecule has 0 bridgehead atoms. The van der Waals surface area contributed by atoms with Gasteiger partial charge in [-0.2, -0.15) is 0 Å². The molecule has 4 amide bonds. The van der Waals surface area contributed by atoms with E-state index in [4.69, 9.17) is 0 Å². The number of carbonyl (C=O) groups excluding carboxylic acids is 3. The van der Waals surface area contributed by atoms with E-state index in [1.54, 1.807) is 0 Å². The molecule has 1 aromatic carbocycles. The molecule has 2 rings (SSSR count). The predicted molar refractivity (Wildman–Crippen MR) is 97.2 cm³/mol. The highest BCUT2D eigenvalue weighted by Crippen LogP contribution is 2.28. The molecule has 0 aliphatic carbocycles. The lowest BCUT2D eigenvalue weighted by Crippen LogP contribution is -2.47. The number of imide groups is 1. The molecule has 1 aliphatic rings. The molecule has 1 fully saturated rings. The number of nitrogens with zero attached hydrogens (tertiary/aromatic N) is 1. The average Bonchev–Trinajstić information content (AvgIpc) is 2.80. The molecule has 0 aromatic heterocycles. The number of hydrogen-bond acceptors (Lipinski definition) is 3. The molecule has 2 N–H and O–H groups in total. The lowest BCUT2D eigenvalue weighted by molar-refractivity contribution is -0.134. The number of urea groups is 1. The van der Waals surface area contributed by atoms with Gasteiger partial charge in [-0.15, -0.1) is 0 Å². The number of carbonyl (C=O) groups is 3. The standard InChI is InChI=1S/C19H27N3O3/c1-4-11-19(12-5-2)17(24)22(18(25)21-19)13-16(23)20-15-10-8-7-9-14(15)6-3/h7-10H,4-6,11-13H2,1-3H3,(H,20,23)(H,21,25). The topological polar surface area (TPSA) is 78.5 Å². The van der Waals surface area contributed by atoms with E-state index in [2.05, 4.69) is 10.6 Å². The number of aryl methyl sites for hydroxylation is 1. The highest BCUT2D eigenvalue weighted by molar-refractivity contribution is 6.10. The molecule has 0 spiro atoms. The monoisotopic (exact) mass is 345 g/mol. The molecular formula is C19H27N3O3. The number of amides is 4. The third-order valence-corrected chi connectivity index (χ3v) is 4.57. The highest BCUT2D eigenvalue weighted by Gasteiger charge is 2.50. The first kappa shape index (κ1) is 19.0. The van der Waals surface area contributed by atoms with Crippen LogP contribution in [0.25, 0.3) is 0 Å². The van der Waals surface area contributed by atoms with E-state index in [1.165, 1.54) is 0 Å². The van der Waals surface area contributed by atoms with Crippen LogP contribution in [0, 0.1) is 0 Å². The van der Waals surface area contributed by atoms with Gasteiger partial charge in [0, 0.05) is 5.69 Å². The zero-order chi connectivity index (χ0) is 18.4. The van der Waals surface area contributed by atoms with Gasteiger partial charge in [0.25, 0.3) is 5.91 Å². The van der Waals surface area contributed by atoms with E-state index in [-0.39, 0.29) is 18.4 Å². The maximum Gasteiger partial charge on any atom is 0.325 e. The summed E-state index contributed by atoms with van der Waals surface area (Å²) in [6.45, 7) is 5.70. The third kappa shape index (κ3) is 4.00. The van der Waals surface area contributed by atoms with Crippen LogP contribution < -0.4 is 10.6 Å². The Labute approximate surface area is 149 Å². The van der Waals surface area contributed by atoms with Gasteiger partial charge in [0.05, 0.1) is 0 Å². The van der Waals surface area contributed by atoms with Gasteiger partial charge in [0.1, 0.15) is 12.1 Å². The van der Waals surface area contributed by atoms with Gasteiger partial charge in [-0.05, 0) is 30.9 Å². The molecule has 1 aliphatic heterocycles. The number of para-hydroxylation sites is 1. The summed E-state index contributed by atoms with van der Waals surface area (Å²) in [5.74, 6) is -0.659. The van der Waals surface area contributed by atoms with Crippen LogP contribution in [-0.2, 0) is 16.0 Å². The van der Waals surface area contributed by atoms with Crippen molar-refractivity contribution < 1.29 is 14.4 Å². The first-order valence-corrected chi connectivity index (χ1v) is 8.99. The quantitative estimate of drug-likeness (QED) is 0.711. The minimum absolute atomic E-state index is 0.266. The van der Waals surface area contributed by atoms with Crippen LogP contribution in [0.2, 0.25) is 0 Å². The van der Waals surface area contributed by atoms with Crippen molar-refractivity contribution in [2.75, 3.05) is 11.9 Å². The molecular weight excluding hydrogens is 318 g/mol. The van der Waals surface area contributed by atoms with Gasteiger partial charge in [-0.25, -0.2) is 4.79 Å². The van der Waals surface area contributed by atoms with Crippen LogP contribution in [0.4, 0.5) is 10.5 Å². The van der Waals surface area contributed by atoms with Crippen molar-refractivity contribution in [1.29, 1.82) is 0 Å². The van der Waals surface area contributed by atoms with E-state index >= 15 is 0 Å². The molecule has 6 heteroatoms. The predicted octanol–water partition coefficient (Wildman–Crippen LogP) is 3.08. The molecule has 0 atom stereocenters. The molecule has 1 saturated heterocycles.